The topological polar surface area (TPSA) is 127 Å². The number of sulfonamides is 1. The number of anilines is 1. The van der Waals surface area contributed by atoms with Crippen LogP contribution in [0, 0.1) is 10.1 Å². The van der Waals surface area contributed by atoms with Gasteiger partial charge in [-0.15, -0.1) is 0 Å². The molecule has 0 bridgehead atoms. The molecule has 1 aromatic rings. The summed E-state index contributed by atoms with van der Waals surface area (Å²) < 4.78 is 26.2. The summed E-state index contributed by atoms with van der Waals surface area (Å²) in [6.45, 7) is -0.426. The Morgan fingerprint density at radius 1 is 1.45 bits per heavy atom. The van der Waals surface area contributed by atoms with Crippen LogP contribution in [0.15, 0.2) is 23.1 Å². The average molecular weight is 301 g/mol. The van der Waals surface area contributed by atoms with E-state index in [2.05, 4.69) is 0 Å². The highest BCUT2D eigenvalue weighted by molar-refractivity contribution is 7.89. The second-order valence-electron chi connectivity index (χ2n) is 4.55. The van der Waals surface area contributed by atoms with Crippen molar-refractivity contribution in [2.45, 2.75) is 23.8 Å². The van der Waals surface area contributed by atoms with Crippen LogP contribution < -0.4 is 5.73 Å². The van der Waals surface area contributed by atoms with E-state index in [1.165, 1.54) is 6.07 Å². The van der Waals surface area contributed by atoms with Crippen molar-refractivity contribution >= 4 is 21.4 Å². The van der Waals surface area contributed by atoms with Crippen LogP contribution in [0.1, 0.15) is 12.8 Å². The number of hydrogen-bond acceptors (Lipinski definition) is 6. The standard InChI is InChI=1S/C11H15N3O5S/c12-8-1-4-10(14(16)17)11(7-8)20(18,19)13(5-6-15)9-2-3-9/h1,4,7,9,15H,2-3,5-6,12H2. The summed E-state index contributed by atoms with van der Waals surface area (Å²) in [6.07, 6.45) is 1.38. The van der Waals surface area contributed by atoms with Crippen molar-refractivity contribution in [1.29, 1.82) is 0 Å². The summed E-state index contributed by atoms with van der Waals surface area (Å²) in [5, 5.41) is 20.0. The number of hydrogen-bond donors (Lipinski definition) is 2. The predicted molar refractivity (Wildman–Crippen MR) is 71.5 cm³/mol. The van der Waals surface area contributed by atoms with E-state index in [1.54, 1.807) is 0 Å². The van der Waals surface area contributed by atoms with Crippen LogP contribution in [0.25, 0.3) is 0 Å². The fourth-order valence-electron chi connectivity index (χ4n) is 1.97. The van der Waals surface area contributed by atoms with E-state index < -0.39 is 25.5 Å². The number of nitro groups is 1. The first kappa shape index (κ1) is 14.7. The SMILES string of the molecule is Nc1ccc([N+](=O)[O-])c(S(=O)(=O)N(CCO)C2CC2)c1. The number of nitrogens with zero attached hydrogens (tertiary/aromatic N) is 2. The molecule has 0 radical (unpaired) electrons. The molecule has 1 aliphatic rings. The van der Waals surface area contributed by atoms with Crippen molar-refractivity contribution in [2.24, 2.45) is 0 Å². The number of nitrogens with two attached hydrogens (primary N) is 1. The fourth-order valence-corrected chi connectivity index (χ4v) is 3.84. The zero-order valence-electron chi connectivity index (χ0n) is 10.6. The molecule has 1 aliphatic carbocycles. The highest BCUT2D eigenvalue weighted by Crippen LogP contribution is 2.35. The number of nitro benzene ring substituents is 1. The van der Waals surface area contributed by atoms with Gasteiger partial charge in [0, 0.05) is 24.3 Å². The highest BCUT2D eigenvalue weighted by atomic mass is 32.2. The Balaban J connectivity index is 2.52. The van der Waals surface area contributed by atoms with Gasteiger partial charge in [0.1, 0.15) is 0 Å². The van der Waals surface area contributed by atoms with Crippen molar-refractivity contribution in [3.05, 3.63) is 28.3 Å². The van der Waals surface area contributed by atoms with Crippen molar-refractivity contribution in [3.63, 3.8) is 0 Å². The molecule has 0 unspecified atom stereocenters. The first-order chi connectivity index (χ1) is 9.37. The van der Waals surface area contributed by atoms with Crippen molar-refractivity contribution < 1.29 is 18.4 Å². The third-order valence-electron chi connectivity index (χ3n) is 3.04. The molecular formula is C11H15N3O5S. The predicted octanol–water partition coefficient (Wildman–Crippen LogP) is 0.322. The maximum absolute atomic E-state index is 12.5. The molecule has 8 nitrogen and oxygen atoms in total. The van der Waals surface area contributed by atoms with Crippen LogP contribution >= 0.6 is 0 Å². The first-order valence-corrected chi connectivity index (χ1v) is 7.48. The third-order valence-corrected chi connectivity index (χ3v) is 5.02. The smallest absolute Gasteiger partial charge is 0.289 e. The number of benzene rings is 1. The van der Waals surface area contributed by atoms with E-state index >= 15 is 0 Å². The molecule has 2 rings (SSSR count). The van der Waals surface area contributed by atoms with Gasteiger partial charge < -0.3 is 10.8 Å². The summed E-state index contributed by atoms with van der Waals surface area (Å²) in [6, 6.07) is 3.24. The van der Waals surface area contributed by atoms with Gasteiger partial charge in [0.15, 0.2) is 4.90 Å². The molecule has 1 saturated carbocycles. The quantitative estimate of drug-likeness (QED) is 0.442. The van der Waals surface area contributed by atoms with E-state index in [0.29, 0.717) is 12.8 Å². The Morgan fingerprint density at radius 3 is 2.60 bits per heavy atom. The molecule has 3 N–H and O–H groups in total. The Labute approximate surface area is 116 Å². The van der Waals surface area contributed by atoms with E-state index in [9.17, 15) is 18.5 Å². The van der Waals surface area contributed by atoms with Crippen molar-refractivity contribution in [1.82, 2.24) is 4.31 Å². The lowest BCUT2D eigenvalue weighted by atomic mass is 10.3. The Hall–Kier alpha value is -1.71. The summed E-state index contributed by atoms with van der Waals surface area (Å²) in [7, 11) is -4.05. The van der Waals surface area contributed by atoms with Crippen LogP contribution in [-0.4, -0.2) is 41.9 Å². The fraction of sp³-hybridized carbons (Fsp3) is 0.455. The maximum Gasteiger partial charge on any atom is 0.289 e. The lowest BCUT2D eigenvalue weighted by Crippen LogP contribution is -2.35. The zero-order chi connectivity index (χ0) is 14.9. The number of nitrogen functional groups attached to an aromatic ring is 1. The van der Waals surface area contributed by atoms with Crippen LogP contribution in [0.4, 0.5) is 11.4 Å². The normalized spacial score (nSPS) is 15.5. The van der Waals surface area contributed by atoms with Gasteiger partial charge in [-0.3, -0.25) is 10.1 Å². The molecule has 110 valence electrons. The lowest BCUT2D eigenvalue weighted by molar-refractivity contribution is -0.387. The number of aliphatic hydroxyl groups is 1. The molecule has 1 fully saturated rings. The zero-order valence-corrected chi connectivity index (χ0v) is 11.4. The number of rotatable bonds is 6. The summed E-state index contributed by atoms with van der Waals surface area (Å²) in [4.78, 5) is 9.80. The van der Waals surface area contributed by atoms with Gasteiger partial charge in [-0.2, -0.15) is 4.31 Å². The summed E-state index contributed by atoms with van der Waals surface area (Å²) in [5.74, 6) is 0. The van der Waals surface area contributed by atoms with Crippen LogP contribution in [0.3, 0.4) is 0 Å². The largest absolute Gasteiger partial charge is 0.399 e. The van der Waals surface area contributed by atoms with Gasteiger partial charge >= 0.3 is 0 Å². The summed E-state index contributed by atoms with van der Waals surface area (Å²) in [5.41, 5.74) is 5.16. The van der Waals surface area contributed by atoms with Gasteiger partial charge in [0.25, 0.3) is 5.69 Å². The minimum atomic E-state index is -4.05. The van der Waals surface area contributed by atoms with Crippen LogP contribution in [0.2, 0.25) is 0 Å². The van der Waals surface area contributed by atoms with E-state index in [-0.39, 0.29) is 24.9 Å². The Kier molecular flexibility index (Phi) is 3.93. The Bertz CT molecular complexity index is 627. The molecule has 0 atom stereocenters. The molecule has 0 aliphatic heterocycles. The van der Waals surface area contributed by atoms with E-state index in [4.69, 9.17) is 10.8 Å². The second-order valence-corrected chi connectivity index (χ2v) is 6.41. The molecule has 0 amide bonds. The first-order valence-electron chi connectivity index (χ1n) is 6.04. The van der Waals surface area contributed by atoms with Gasteiger partial charge in [-0.1, -0.05) is 0 Å². The van der Waals surface area contributed by atoms with Gasteiger partial charge in [0.05, 0.1) is 11.5 Å². The average Bonchev–Trinajstić information content (AvgIpc) is 3.19. The second kappa shape index (κ2) is 5.35. The molecule has 0 aromatic heterocycles. The summed E-state index contributed by atoms with van der Waals surface area (Å²) >= 11 is 0. The minimum Gasteiger partial charge on any atom is -0.399 e. The van der Waals surface area contributed by atoms with Gasteiger partial charge in [-0.05, 0) is 25.0 Å². The van der Waals surface area contributed by atoms with Gasteiger partial charge in [-0.25, -0.2) is 8.42 Å². The maximum atomic E-state index is 12.5. The monoisotopic (exact) mass is 301 g/mol. The number of aliphatic hydroxyl groups excluding tert-OH is 1. The third kappa shape index (κ3) is 2.74. The lowest BCUT2D eigenvalue weighted by Gasteiger charge is -2.20. The van der Waals surface area contributed by atoms with Crippen LogP contribution in [-0.2, 0) is 10.0 Å². The highest BCUT2D eigenvalue weighted by Gasteiger charge is 2.40. The molecule has 20 heavy (non-hydrogen) atoms. The molecule has 9 heteroatoms. The molecular weight excluding hydrogens is 286 g/mol. The molecule has 1 aromatic carbocycles. The van der Waals surface area contributed by atoms with E-state index in [1.807, 2.05) is 0 Å². The molecule has 0 spiro atoms. The van der Waals surface area contributed by atoms with Crippen molar-refractivity contribution in [3.8, 4) is 0 Å². The van der Waals surface area contributed by atoms with Crippen LogP contribution in [0.5, 0.6) is 0 Å². The molecule has 0 saturated heterocycles. The van der Waals surface area contributed by atoms with E-state index in [0.717, 1.165) is 16.4 Å². The minimum absolute atomic E-state index is 0.0844. The van der Waals surface area contributed by atoms with Gasteiger partial charge in [0.2, 0.25) is 10.0 Å². The molecule has 0 heterocycles. The van der Waals surface area contributed by atoms with Crippen molar-refractivity contribution in [2.75, 3.05) is 18.9 Å². The Morgan fingerprint density at radius 2 is 2.10 bits per heavy atom.